The molecular weight excluding hydrogens is 411 g/mol. The second kappa shape index (κ2) is 9.03. The minimum atomic E-state index is -0.100. The van der Waals surface area contributed by atoms with E-state index in [-0.39, 0.29) is 36.5 Å². The van der Waals surface area contributed by atoms with Gasteiger partial charge in [0, 0.05) is 44.7 Å². The highest BCUT2D eigenvalue weighted by molar-refractivity contribution is 6.31. The lowest BCUT2D eigenvalue weighted by molar-refractivity contribution is -0.134. The Morgan fingerprint density at radius 1 is 1.14 bits per heavy atom. The third-order valence-corrected chi connectivity index (χ3v) is 5.77. The van der Waals surface area contributed by atoms with Gasteiger partial charge in [-0.25, -0.2) is 4.79 Å². The quantitative estimate of drug-likeness (QED) is 0.686. The van der Waals surface area contributed by atoms with Crippen LogP contribution in [-0.2, 0) is 18.4 Å². The number of nitrogens with one attached hydrogen (secondary N) is 1. The first-order valence-electron chi connectivity index (χ1n) is 9.47. The standard InChI is InChI=1S/C21H23ClN4O2.ClH/c1-24-17-8-4-5-9-18(17)26(21(24)28)12-10-20(27)25-13-11-23-14-19(25)15-6-2-3-7-16(15)22;/h2-9,19,23H,10-14H2,1H3;1H. The van der Waals surface area contributed by atoms with Crippen molar-refractivity contribution >= 4 is 40.9 Å². The van der Waals surface area contributed by atoms with E-state index in [1.165, 1.54) is 0 Å². The molecule has 4 rings (SSSR count). The van der Waals surface area contributed by atoms with Crippen molar-refractivity contribution in [2.75, 3.05) is 19.6 Å². The molecule has 1 fully saturated rings. The van der Waals surface area contributed by atoms with Gasteiger partial charge in [-0.2, -0.15) is 0 Å². The van der Waals surface area contributed by atoms with Gasteiger partial charge < -0.3 is 10.2 Å². The van der Waals surface area contributed by atoms with Crippen LogP contribution in [0.1, 0.15) is 18.0 Å². The predicted molar refractivity (Wildman–Crippen MR) is 118 cm³/mol. The molecule has 8 heteroatoms. The summed E-state index contributed by atoms with van der Waals surface area (Å²) in [5, 5.41) is 4.01. The van der Waals surface area contributed by atoms with Crippen LogP contribution in [0.3, 0.4) is 0 Å². The molecule has 3 aromatic rings. The number of carbonyl (C=O) groups excluding carboxylic acids is 1. The molecule has 0 radical (unpaired) electrons. The molecule has 1 saturated heterocycles. The Hall–Kier alpha value is -2.28. The zero-order valence-electron chi connectivity index (χ0n) is 16.2. The van der Waals surface area contributed by atoms with Gasteiger partial charge in [-0.15, -0.1) is 12.4 Å². The normalized spacial score (nSPS) is 16.6. The average Bonchev–Trinajstić information content (AvgIpc) is 2.97. The lowest BCUT2D eigenvalue weighted by Gasteiger charge is -2.37. The Labute approximate surface area is 180 Å². The zero-order chi connectivity index (χ0) is 19.7. The molecule has 2 aromatic carbocycles. The van der Waals surface area contributed by atoms with Crippen molar-refractivity contribution in [3.8, 4) is 0 Å². The largest absolute Gasteiger partial charge is 0.333 e. The number of imidazole rings is 1. The maximum atomic E-state index is 13.1. The van der Waals surface area contributed by atoms with Crippen molar-refractivity contribution in [1.29, 1.82) is 0 Å². The molecule has 1 aromatic heterocycles. The predicted octanol–water partition coefficient (Wildman–Crippen LogP) is 2.98. The molecular formula is C21H24Cl2N4O2. The number of fused-ring (bicyclic) bond motifs is 1. The van der Waals surface area contributed by atoms with Gasteiger partial charge >= 0.3 is 5.69 Å². The van der Waals surface area contributed by atoms with Crippen molar-refractivity contribution in [3.05, 3.63) is 69.6 Å². The number of rotatable bonds is 4. The number of piperazine rings is 1. The maximum absolute atomic E-state index is 13.1. The summed E-state index contributed by atoms with van der Waals surface area (Å²) in [4.78, 5) is 27.5. The van der Waals surface area contributed by atoms with Gasteiger partial charge in [0.25, 0.3) is 0 Å². The summed E-state index contributed by atoms with van der Waals surface area (Å²) < 4.78 is 3.30. The van der Waals surface area contributed by atoms with Gasteiger partial charge in [0.1, 0.15) is 0 Å². The van der Waals surface area contributed by atoms with Crippen LogP contribution >= 0.6 is 24.0 Å². The molecule has 2 heterocycles. The minimum absolute atomic E-state index is 0. The van der Waals surface area contributed by atoms with Crippen molar-refractivity contribution in [1.82, 2.24) is 19.4 Å². The first-order chi connectivity index (χ1) is 13.6. The van der Waals surface area contributed by atoms with Crippen molar-refractivity contribution < 1.29 is 4.79 Å². The second-order valence-corrected chi connectivity index (χ2v) is 7.47. The first-order valence-corrected chi connectivity index (χ1v) is 9.84. The smallest absolute Gasteiger partial charge is 0.328 e. The lowest BCUT2D eigenvalue weighted by Crippen LogP contribution is -2.49. The van der Waals surface area contributed by atoms with E-state index in [2.05, 4.69) is 5.32 Å². The molecule has 1 unspecified atom stereocenters. The van der Waals surface area contributed by atoms with E-state index in [1.807, 2.05) is 53.4 Å². The Balaban J connectivity index is 0.00000240. The summed E-state index contributed by atoms with van der Waals surface area (Å²) in [6, 6.07) is 15.2. The van der Waals surface area contributed by atoms with Gasteiger partial charge in [-0.1, -0.05) is 41.9 Å². The van der Waals surface area contributed by atoms with Crippen LogP contribution in [0, 0.1) is 0 Å². The van der Waals surface area contributed by atoms with Gasteiger partial charge in [0.05, 0.1) is 17.1 Å². The third-order valence-electron chi connectivity index (χ3n) is 5.43. The van der Waals surface area contributed by atoms with E-state index in [0.717, 1.165) is 23.1 Å². The summed E-state index contributed by atoms with van der Waals surface area (Å²) in [5.41, 5.74) is 2.57. The number of hydrogen-bond donors (Lipinski definition) is 1. The number of amides is 1. The van der Waals surface area contributed by atoms with Crippen LogP contribution in [0.2, 0.25) is 5.02 Å². The van der Waals surface area contributed by atoms with E-state index in [9.17, 15) is 9.59 Å². The van der Waals surface area contributed by atoms with Crippen LogP contribution in [0.15, 0.2) is 53.3 Å². The summed E-state index contributed by atoms with van der Waals surface area (Å²) >= 11 is 6.38. The van der Waals surface area contributed by atoms with Crippen molar-refractivity contribution in [3.63, 3.8) is 0 Å². The van der Waals surface area contributed by atoms with Crippen LogP contribution in [0.4, 0.5) is 0 Å². The third kappa shape index (κ3) is 4.06. The number of benzene rings is 2. The molecule has 6 nitrogen and oxygen atoms in total. The van der Waals surface area contributed by atoms with Crippen molar-refractivity contribution in [2.24, 2.45) is 7.05 Å². The SMILES string of the molecule is Cl.Cn1c(=O)n(CCC(=O)N2CCNCC2c2ccccc2Cl)c2ccccc21. The van der Waals surface area contributed by atoms with Gasteiger partial charge in [-0.05, 0) is 23.8 Å². The molecule has 29 heavy (non-hydrogen) atoms. The number of aromatic nitrogens is 2. The Kier molecular flexibility index (Phi) is 6.67. The summed E-state index contributed by atoms with van der Waals surface area (Å²) in [6.45, 7) is 2.40. The zero-order valence-corrected chi connectivity index (χ0v) is 17.7. The molecule has 0 aliphatic carbocycles. The molecule has 1 aliphatic rings. The monoisotopic (exact) mass is 434 g/mol. The number of aryl methyl sites for hydroxylation is 2. The van der Waals surface area contributed by atoms with Gasteiger partial charge in [0.2, 0.25) is 5.91 Å². The lowest BCUT2D eigenvalue weighted by atomic mass is 10.0. The van der Waals surface area contributed by atoms with E-state index in [4.69, 9.17) is 11.6 Å². The molecule has 1 atom stereocenters. The van der Waals surface area contributed by atoms with Crippen molar-refractivity contribution in [2.45, 2.75) is 19.0 Å². The molecule has 154 valence electrons. The van der Waals surface area contributed by atoms with Gasteiger partial charge in [0.15, 0.2) is 0 Å². The fraction of sp³-hybridized carbons (Fsp3) is 0.333. The van der Waals surface area contributed by atoms with E-state index < -0.39 is 0 Å². The number of para-hydroxylation sites is 2. The first kappa shape index (κ1) is 21.4. The highest BCUT2D eigenvalue weighted by atomic mass is 35.5. The Morgan fingerprint density at radius 3 is 2.59 bits per heavy atom. The number of carbonyl (C=O) groups is 1. The fourth-order valence-corrected chi connectivity index (χ4v) is 4.22. The molecule has 1 amide bonds. The number of nitrogens with zero attached hydrogens (tertiary/aromatic N) is 3. The molecule has 1 N–H and O–H groups in total. The highest BCUT2D eigenvalue weighted by Gasteiger charge is 2.29. The average molecular weight is 435 g/mol. The van der Waals surface area contributed by atoms with Crippen LogP contribution in [0.25, 0.3) is 11.0 Å². The second-order valence-electron chi connectivity index (χ2n) is 7.06. The highest BCUT2D eigenvalue weighted by Crippen LogP contribution is 2.29. The number of halogens is 2. The topological polar surface area (TPSA) is 59.3 Å². The molecule has 1 aliphatic heterocycles. The van der Waals surface area contributed by atoms with Gasteiger partial charge in [-0.3, -0.25) is 13.9 Å². The molecule has 0 spiro atoms. The molecule has 0 saturated carbocycles. The van der Waals surface area contributed by atoms with E-state index in [1.54, 1.807) is 16.2 Å². The summed E-state index contributed by atoms with van der Waals surface area (Å²) in [5.74, 6) is 0.0336. The maximum Gasteiger partial charge on any atom is 0.328 e. The number of hydrogen-bond acceptors (Lipinski definition) is 3. The van der Waals surface area contributed by atoms with Crippen LogP contribution in [-0.4, -0.2) is 39.6 Å². The Morgan fingerprint density at radius 2 is 1.83 bits per heavy atom. The Bertz CT molecular complexity index is 1080. The summed E-state index contributed by atoms with van der Waals surface area (Å²) in [7, 11) is 1.76. The van der Waals surface area contributed by atoms with E-state index >= 15 is 0 Å². The molecule has 0 bridgehead atoms. The van der Waals surface area contributed by atoms with E-state index in [0.29, 0.717) is 24.7 Å². The summed E-state index contributed by atoms with van der Waals surface area (Å²) in [6.07, 6.45) is 0.273. The fourth-order valence-electron chi connectivity index (χ4n) is 3.96. The van der Waals surface area contributed by atoms with Crippen LogP contribution in [0.5, 0.6) is 0 Å². The van der Waals surface area contributed by atoms with Crippen LogP contribution < -0.4 is 11.0 Å². The minimum Gasteiger partial charge on any atom is -0.333 e.